The number of piperidine rings is 3. The van der Waals surface area contributed by atoms with Crippen molar-refractivity contribution in [2.24, 2.45) is 5.92 Å². The van der Waals surface area contributed by atoms with Gasteiger partial charge >= 0.3 is 39.0 Å². The Morgan fingerprint density at radius 1 is 0.955 bits per heavy atom. The molecule has 0 radical (unpaired) electrons. The SMILES string of the molecule is F[P-](F)(F)(F)(F)F.O=C(NCC[N+]12CCC(CC1)[C@@H](OC(=O)C(O)(c1ccccc1)c1ccccc1)C2)c1cncc(Br)c1. The number of rotatable bonds is 8. The number of fused-ring (bicyclic) bond motifs is 3. The number of carbonyl (C=O) groups is 2. The van der Waals surface area contributed by atoms with Gasteiger partial charge in [0.15, 0.2) is 6.10 Å². The maximum Gasteiger partial charge on any atom is 0.348 e. The number of nitrogens with one attached hydrogen (secondary N) is 1. The van der Waals surface area contributed by atoms with Gasteiger partial charge in [0.1, 0.15) is 6.54 Å². The van der Waals surface area contributed by atoms with Crippen LogP contribution >= 0.6 is 23.7 Å². The van der Waals surface area contributed by atoms with Crippen LogP contribution in [-0.4, -0.2) is 65.3 Å². The van der Waals surface area contributed by atoms with Crippen LogP contribution < -0.4 is 5.32 Å². The topological polar surface area (TPSA) is 88.5 Å². The molecular weight excluding hydrogens is 679 g/mol. The summed E-state index contributed by atoms with van der Waals surface area (Å²) in [5, 5.41) is 14.8. The molecule has 15 heteroatoms. The first-order valence-electron chi connectivity index (χ1n) is 13.7. The number of aromatic nitrogens is 1. The Bertz CT molecular complexity index is 1430. The second-order valence-corrected chi connectivity index (χ2v) is 13.9. The number of halogens is 7. The summed E-state index contributed by atoms with van der Waals surface area (Å²) in [5.41, 5.74) is -0.396. The normalized spacial score (nSPS) is 22.9. The largest absolute Gasteiger partial charge is 0.453 e. The van der Waals surface area contributed by atoms with Gasteiger partial charge < -0.3 is 19.6 Å². The zero-order valence-electron chi connectivity index (χ0n) is 23.3. The maximum atomic E-state index is 13.7. The van der Waals surface area contributed by atoms with Gasteiger partial charge in [0.2, 0.25) is 5.60 Å². The molecule has 4 heterocycles. The van der Waals surface area contributed by atoms with Gasteiger partial charge in [0, 0.05) is 35.6 Å². The monoisotopic (exact) mass is 709 g/mol. The van der Waals surface area contributed by atoms with E-state index in [4.69, 9.17) is 4.74 Å². The van der Waals surface area contributed by atoms with Crippen LogP contribution in [0.1, 0.15) is 34.3 Å². The molecular formula is C29H31BrF6N3O4P. The molecule has 1 amide bonds. The quantitative estimate of drug-likeness (QED) is 0.113. The first-order valence-corrected chi connectivity index (χ1v) is 16.5. The summed E-state index contributed by atoms with van der Waals surface area (Å²) >= 11 is 3.35. The van der Waals surface area contributed by atoms with E-state index in [0.717, 1.165) is 41.4 Å². The zero-order valence-corrected chi connectivity index (χ0v) is 25.7. The fourth-order valence-corrected chi connectivity index (χ4v) is 6.06. The van der Waals surface area contributed by atoms with Gasteiger partial charge in [-0.15, -0.1) is 0 Å². The molecule has 2 bridgehead atoms. The van der Waals surface area contributed by atoms with Crippen molar-refractivity contribution in [1.82, 2.24) is 10.3 Å². The fourth-order valence-electron chi connectivity index (χ4n) is 5.70. The molecule has 0 spiro atoms. The van der Waals surface area contributed by atoms with Crippen LogP contribution in [0.25, 0.3) is 0 Å². The number of benzene rings is 2. The van der Waals surface area contributed by atoms with Crippen LogP contribution in [0.4, 0.5) is 25.2 Å². The molecule has 6 rings (SSSR count). The number of hydrogen-bond acceptors (Lipinski definition) is 5. The van der Waals surface area contributed by atoms with E-state index in [9.17, 15) is 39.9 Å². The molecule has 44 heavy (non-hydrogen) atoms. The Hall–Kier alpha value is -3.06. The summed E-state index contributed by atoms with van der Waals surface area (Å²) in [6.07, 6.45) is 4.83. The number of ether oxygens (including phenoxy) is 1. The molecule has 7 nitrogen and oxygen atoms in total. The molecule has 3 aliphatic heterocycles. The molecule has 1 atom stereocenters. The third-order valence-corrected chi connectivity index (χ3v) is 8.25. The number of carbonyl (C=O) groups excluding carboxylic acids is 2. The molecule has 3 aliphatic rings. The van der Waals surface area contributed by atoms with Crippen molar-refractivity contribution in [3.8, 4) is 0 Å². The van der Waals surface area contributed by atoms with Gasteiger partial charge in [-0.1, -0.05) is 60.7 Å². The van der Waals surface area contributed by atoms with Gasteiger partial charge in [-0.05, 0) is 33.1 Å². The van der Waals surface area contributed by atoms with E-state index in [1.807, 2.05) is 36.4 Å². The molecule has 0 unspecified atom stereocenters. The van der Waals surface area contributed by atoms with Crippen LogP contribution in [-0.2, 0) is 15.1 Å². The Morgan fingerprint density at radius 3 is 1.98 bits per heavy atom. The van der Waals surface area contributed by atoms with Gasteiger partial charge in [-0.3, -0.25) is 9.78 Å². The summed E-state index contributed by atoms with van der Waals surface area (Å²) in [6.45, 7) is 3.96. The summed E-state index contributed by atoms with van der Waals surface area (Å²) in [7, 11) is -10.7. The molecule has 3 fully saturated rings. The van der Waals surface area contributed by atoms with Crippen molar-refractivity contribution in [1.29, 1.82) is 0 Å². The van der Waals surface area contributed by atoms with Crippen molar-refractivity contribution >= 4 is 35.6 Å². The number of quaternary nitrogens is 1. The summed E-state index contributed by atoms with van der Waals surface area (Å²) in [5.74, 6) is -0.517. The minimum absolute atomic E-state index is 0.155. The average Bonchev–Trinajstić information content (AvgIpc) is 2.96. The molecule has 2 aromatic carbocycles. The number of amides is 1. The van der Waals surface area contributed by atoms with Crippen LogP contribution in [0, 0.1) is 5.92 Å². The average molecular weight is 710 g/mol. The number of esters is 1. The van der Waals surface area contributed by atoms with Crippen LogP contribution in [0.2, 0.25) is 0 Å². The third-order valence-electron chi connectivity index (χ3n) is 7.82. The Balaban J connectivity index is 0.000000566. The molecule has 3 aromatic rings. The standard InChI is InChI=1S/C29H30BrN3O4.F6P/c30-25-17-22(18-31-19-25)27(34)32-13-16-33-14-11-21(12-15-33)26(20-33)37-28(35)29(36,23-7-3-1-4-8-23)24-9-5-2-6-10-24;1-7(2,3,4,5)6/h1-10,17-19,21,26,36H,11-16,20H2;/q;-1/p+1/t21?,26-,33?;/m0./s1. The minimum atomic E-state index is -10.7. The molecule has 0 saturated carbocycles. The Morgan fingerprint density at radius 2 is 1.48 bits per heavy atom. The van der Waals surface area contributed by atoms with Gasteiger partial charge in [-0.25, -0.2) is 4.79 Å². The van der Waals surface area contributed by atoms with Crippen molar-refractivity contribution in [2.45, 2.75) is 24.5 Å². The van der Waals surface area contributed by atoms with E-state index in [1.165, 1.54) is 0 Å². The van der Waals surface area contributed by atoms with E-state index in [2.05, 4.69) is 26.2 Å². The number of nitrogens with zero attached hydrogens (tertiary/aromatic N) is 2. The second-order valence-electron chi connectivity index (χ2n) is 11.0. The van der Waals surface area contributed by atoms with Crippen LogP contribution in [0.15, 0.2) is 83.6 Å². The zero-order chi connectivity index (χ0) is 32.3. The molecule has 0 aliphatic carbocycles. The number of aliphatic hydroxyl groups is 1. The summed E-state index contributed by atoms with van der Waals surface area (Å²) in [6, 6.07) is 19.7. The predicted octanol–water partition coefficient (Wildman–Crippen LogP) is 7.04. The maximum absolute atomic E-state index is 13.7. The second kappa shape index (κ2) is 12.0. The smallest absolute Gasteiger partial charge is 0.348 e. The fraction of sp³-hybridized carbons (Fsp3) is 0.345. The Kier molecular flexibility index (Phi) is 9.25. The Labute approximate surface area is 258 Å². The summed E-state index contributed by atoms with van der Waals surface area (Å²) in [4.78, 5) is 30.3. The molecule has 240 valence electrons. The van der Waals surface area contributed by atoms with E-state index >= 15 is 0 Å². The van der Waals surface area contributed by atoms with E-state index in [-0.39, 0.29) is 17.9 Å². The molecule has 2 N–H and O–H groups in total. The molecule has 3 saturated heterocycles. The van der Waals surface area contributed by atoms with Gasteiger partial charge in [-0.2, -0.15) is 0 Å². The molecule has 1 aromatic heterocycles. The van der Waals surface area contributed by atoms with Crippen LogP contribution in [0.3, 0.4) is 0 Å². The first-order chi connectivity index (χ1) is 20.3. The number of hydrogen-bond donors (Lipinski definition) is 2. The summed E-state index contributed by atoms with van der Waals surface area (Å²) < 4.78 is 66.9. The number of pyridine rings is 1. The third kappa shape index (κ3) is 9.47. The van der Waals surface area contributed by atoms with Crippen molar-refractivity contribution in [3.63, 3.8) is 0 Å². The van der Waals surface area contributed by atoms with Gasteiger partial charge in [0.05, 0.1) is 31.7 Å². The van der Waals surface area contributed by atoms with Crippen molar-refractivity contribution in [3.05, 3.63) is 100 Å². The predicted molar refractivity (Wildman–Crippen MR) is 156 cm³/mol. The van der Waals surface area contributed by atoms with Crippen LogP contribution in [0.5, 0.6) is 0 Å². The minimum Gasteiger partial charge on any atom is -0.453 e. The van der Waals surface area contributed by atoms with E-state index < -0.39 is 19.4 Å². The van der Waals surface area contributed by atoms with E-state index in [1.54, 1.807) is 42.7 Å². The van der Waals surface area contributed by atoms with Crippen molar-refractivity contribution in [2.75, 3.05) is 32.7 Å². The van der Waals surface area contributed by atoms with Crippen molar-refractivity contribution < 1.29 is 49.1 Å². The first kappa shape index (κ1) is 33.8. The van der Waals surface area contributed by atoms with E-state index in [0.29, 0.717) is 29.8 Å². The van der Waals surface area contributed by atoms with Gasteiger partial charge in [0.25, 0.3) is 5.91 Å².